The number of benzene rings is 1. The first kappa shape index (κ1) is 15.6. The fraction of sp³-hybridized carbons (Fsp3) is 0.562. The SMILES string of the molecule is CC(C)(C)OC(=O)NC1CCCN(c2ccccc2F)C1. The van der Waals surface area contributed by atoms with Crippen LogP contribution in [0.3, 0.4) is 0 Å². The largest absolute Gasteiger partial charge is 0.444 e. The monoisotopic (exact) mass is 294 g/mol. The van der Waals surface area contributed by atoms with Crippen LogP contribution in [0.25, 0.3) is 0 Å². The number of anilines is 1. The van der Waals surface area contributed by atoms with Crippen LogP contribution in [0.4, 0.5) is 14.9 Å². The standard InChI is InChI=1S/C16H23FN2O2/c1-16(2,3)21-15(20)18-12-7-6-10-19(11-12)14-9-5-4-8-13(14)17/h4-5,8-9,12H,6-7,10-11H2,1-3H3,(H,18,20). The van der Waals surface area contributed by atoms with Crippen molar-refractivity contribution in [1.29, 1.82) is 0 Å². The summed E-state index contributed by atoms with van der Waals surface area (Å²) >= 11 is 0. The Morgan fingerprint density at radius 2 is 2.10 bits per heavy atom. The molecule has 5 heteroatoms. The van der Waals surface area contributed by atoms with Crippen molar-refractivity contribution in [3.63, 3.8) is 0 Å². The predicted molar refractivity (Wildman–Crippen MR) is 81.0 cm³/mol. The van der Waals surface area contributed by atoms with Gasteiger partial charge in [-0.2, -0.15) is 0 Å². The minimum absolute atomic E-state index is 0.0202. The smallest absolute Gasteiger partial charge is 0.407 e. The highest BCUT2D eigenvalue weighted by atomic mass is 19.1. The molecule has 4 nitrogen and oxygen atoms in total. The van der Waals surface area contributed by atoms with Crippen molar-refractivity contribution in [2.45, 2.75) is 45.3 Å². The highest BCUT2D eigenvalue weighted by molar-refractivity contribution is 5.68. The summed E-state index contributed by atoms with van der Waals surface area (Å²) in [6.07, 6.45) is 1.38. The van der Waals surface area contributed by atoms with Gasteiger partial charge in [0.2, 0.25) is 0 Å². The van der Waals surface area contributed by atoms with Gasteiger partial charge in [-0.1, -0.05) is 12.1 Å². The van der Waals surface area contributed by atoms with Crippen LogP contribution in [0.1, 0.15) is 33.6 Å². The van der Waals surface area contributed by atoms with E-state index in [0.29, 0.717) is 12.2 Å². The number of ether oxygens (including phenoxy) is 1. The number of rotatable bonds is 2. The number of carbonyl (C=O) groups is 1. The Bertz CT molecular complexity index is 499. The highest BCUT2D eigenvalue weighted by Gasteiger charge is 2.25. The molecule has 0 aliphatic carbocycles. The number of nitrogens with zero attached hydrogens (tertiary/aromatic N) is 1. The van der Waals surface area contributed by atoms with E-state index in [1.54, 1.807) is 12.1 Å². The molecule has 0 aromatic heterocycles. The summed E-state index contributed by atoms with van der Waals surface area (Å²) < 4.78 is 19.1. The molecular weight excluding hydrogens is 271 g/mol. The van der Waals surface area contributed by atoms with Gasteiger partial charge in [-0.15, -0.1) is 0 Å². The van der Waals surface area contributed by atoms with Gasteiger partial charge < -0.3 is 15.0 Å². The summed E-state index contributed by atoms with van der Waals surface area (Å²) in [4.78, 5) is 13.8. The number of halogens is 1. The number of para-hydroxylation sites is 1. The quantitative estimate of drug-likeness (QED) is 0.909. The lowest BCUT2D eigenvalue weighted by atomic mass is 10.0. The van der Waals surface area contributed by atoms with Crippen LogP contribution < -0.4 is 10.2 Å². The van der Waals surface area contributed by atoms with Crippen molar-refractivity contribution in [1.82, 2.24) is 5.32 Å². The molecule has 1 aliphatic heterocycles. The van der Waals surface area contributed by atoms with Crippen molar-refractivity contribution in [2.75, 3.05) is 18.0 Å². The molecule has 1 fully saturated rings. The van der Waals surface area contributed by atoms with Crippen LogP contribution in [0.15, 0.2) is 24.3 Å². The number of nitrogens with one attached hydrogen (secondary N) is 1. The van der Waals surface area contributed by atoms with Gasteiger partial charge in [-0.3, -0.25) is 0 Å². The van der Waals surface area contributed by atoms with Gasteiger partial charge in [0.1, 0.15) is 11.4 Å². The first-order valence-electron chi connectivity index (χ1n) is 7.34. The maximum absolute atomic E-state index is 13.8. The summed E-state index contributed by atoms with van der Waals surface area (Å²) in [5.74, 6) is -0.226. The van der Waals surface area contributed by atoms with E-state index in [2.05, 4.69) is 5.32 Å². The van der Waals surface area contributed by atoms with E-state index in [0.717, 1.165) is 19.4 Å². The van der Waals surface area contributed by atoms with E-state index in [-0.39, 0.29) is 11.9 Å². The minimum Gasteiger partial charge on any atom is -0.444 e. The van der Waals surface area contributed by atoms with Crippen LogP contribution in [0, 0.1) is 5.82 Å². The van der Waals surface area contributed by atoms with Crippen molar-refractivity contribution in [3.05, 3.63) is 30.1 Å². The normalized spacial score (nSPS) is 19.2. The predicted octanol–water partition coefficient (Wildman–Crippen LogP) is 3.32. The average molecular weight is 294 g/mol. The minimum atomic E-state index is -0.510. The molecule has 116 valence electrons. The Morgan fingerprint density at radius 3 is 2.76 bits per heavy atom. The van der Waals surface area contributed by atoms with E-state index in [4.69, 9.17) is 4.74 Å². The van der Waals surface area contributed by atoms with E-state index in [1.807, 2.05) is 31.7 Å². The molecule has 2 rings (SSSR count). The second-order valence-electron chi connectivity index (χ2n) is 6.38. The lowest BCUT2D eigenvalue weighted by Crippen LogP contribution is -2.49. The van der Waals surface area contributed by atoms with Gasteiger partial charge in [0.25, 0.3) is 0 Å². The Kier molecular flexibility index (Phi) is 4.70. The number of hydrogen-bond donors (Lipinski definition) is 1. The van der Waals surface area contributed by atoms with Crippen molar-refractivity contribution in [2.24, 2.45) is 0 Å². The van der Waals surface area contributed by atoms with Gasteiger partial charge in [0.15, 0.2) is 0 Å². The molecule has 0 spiro atoms. The maximum atomic E-state index is 13.8. The Balaban J connectivity index is 1.95. The maximum Gasteiger partial charge on any atom is 0.407 e. The summed E-state index contributed by atoms with van der Waals surface area (Å²) in [6.45, 7) is 6.89. The zero-order chi connectivity index (χ0) is 15.5. The Morgan fingerprint density at radius 1 is 1.38 bits per heavy atom. The fourth-order valence-electron chi connectivity index (χ4n) is 2.50. The van der Waals surface area contributed by atoms with Crippen LogP contribution in [-0.2, 0) is 4.74 Å². The van der Waals surface area contributed by atoms with Crippen LogP contribution in [-0.4, -0.2) is 30.8 Å². The first-order chi connectivity index (χ1) is 9.85. The highest BCUT2D eigenvalue weighted by Crippen LogP contribution is 2.23. The third kappa shape index (κ3) is 4.62. The molecule has 1 amide bonds. The molecule has 1 aromatic rings. The molecular formula is C16H23FN2O2. The van der Waals surface area contributed by atoms with E-state index in [9.17, 15) is 9.18 Å². The number of amides is 1. The molecule has 0 radical (unpaired) electrons. The van der Waals surface area contributed by atoms with Crippen molar-refractivity contribution in [3.8, 4) is 0 Å². The second-order valence-corrected chi connectivity index (χ2v) is 6.38. The van der Waals surface area contributed by atoms with Crippen molar-refractivity contribution < 1.29 is 13.9 Å². The Labute approximate surface area is 125 Å². The lowest BCUT2D eigenvalue weighted by Gasteiger charge is -2.35. The van der Waals surface area contributed by atoms with Crippen LogP contribution in [0.2, 0.25) is 0 Å². The third-order valence-corrected chi connectivity index (χ3v) is 3.34. The molecule has 1 unspecified atom stereocenters. The van der Waals surface area contributed by atoms with E-state index < -0.39 is 11.7 Å². The zero-order valence-corrected chi connectivity index (χ0v) is 12.9. The molecule has 1 aliphatic rings. The molecule has 0 bridgehead atoms. The fourth-order valence-corrected chi connectivity index (χ4v) is 2.50. The van der Waals surface area contributed by atoms with Gasteiger partial charge in [-0.05, 0) is 45.7 Å². The number of piperidine rings is 1. The van der Waals surface area contributed by atoms with Gasteiger partial charge in [0, 0.05) is 19.1 Å². The van der Waals surface area contributed by atoms with Gasteiger partial charge >= 0.3 is 6.09 Å². The Hall–Kier alpha value is -1.78. The number of hydrogen-bond acceptors (Lipinski definition) is 3. The molecule has 1 atom stereocenters. The molecule has 0 saturated carbocycles. The van der Waals surface area contributed by atoms with Gasteiger partial charge in [-0.25, -0.2) is 9.18 Å². The first-order valence-corrected chi connectivity index (χ1v) is 7.34. The van der Waals surface area contributed by atoms with E-state index in [1.165, 1.54) is 6.07 Å². The molecule has 1 N–H and O–H groups in total. The summed E-state index contributed by atoms with van der Waals surface area (Å²) in [5, 5.41) is 2.87. The third-order valence-electron chi connectivity index (χ3n) is 3.34. The molecule has 1 aromatic carbocycles. The van der Waals surface area contributed by atoms with Crippen LogP contribution in [0.5, 0.6) is 0 Å². The summed E-state index contributed by atoms with van der Waals surface area (Å²) in [7, 11) is 0. The van der Waals surface area contributed by atoms with Gasteiger partial charge in [0.05, 0.1) is 5.69 Å². The number of carbonyl (C=O) groups excluding carboxylic acids is 1. The average Bonchev–Trinajstić information content (AvgIpc) is 2.37. The molecule has 1 saturated heterocycles. The molecule has 1 heterocycles. The number of alkyl carbamates (subject to hydrolysis) is 1. The second kappa shape index (κ2) is 6.33. The van der Waals surface area contributed by atoms with Crippen LogP contribution >= 0.6 is 0 Å². The zero-order valence-electron chi connectivity index (χ0n) is 12.9. The van der Waals surface area contributed by atoms with E-state index >= 15 is 0 Å². The summed E-state index contributed by atoms with van der Waals surface area (Å²) in [6, 6.07) is 6.71. The van der Waals surface area contributed by atoms with Crippen molar-refractivity contribution >= 4 is 11.8 Å². The summed E-state index contributed by atoms with van der Waals surface area (Å²) in [5.41, 5.74) is 0.0810. The topological polar surface area (TPSA) is 41.6 Å². The lowest BCUT2D eigenvalue weighted by molar-refractivity contribution is 0.0500. The molecule has 21 heavy (non-hydrogen) atoms.